The molecule has 0 atom stereocenters. The summed E-state index contributed by atoms with van der Waals surface area (Å²) in [6, 6.07) is 4.32. The number of hydrogen-bond donors (Lipinski definition) is 0. The smallest absolute Gasteiger partial charge is 0.289 e. The Morgan fingerprint density at radius 3 is 2.62 bits per heavy atom. The van der Waals surface area contributed by atoms with E-state index in [1.54, 1.807) is 3.01 Å². The number of hydrogen-bond acceptors (Lipinski definition) is 1. The molecule has 0 aliphatic carbocycles. The second-order valence-corrected chi connectivity index (χ2v) is 7.72. The topological polar surface area (TPSA) is 0 Å². The molecule has 0 saturated carbocycles. The van der Waals surface area contributed by atoms with Crippen molar-refractivity contribution in [1.29, 1.82) is 0 Å². The first-order valence-corrected chi connectivity index (χ1v) is 9.56. The molecule has 0 aromatic carbocycles. The molecule has 0 radical (unpaired) electrons. The van der Waals surface area contributed by atoms with Gasteiger partial charge in [-0.1, -0.05) is 6.07 Å². The van der Waals surface area contributed by atoms with Gasteiger partial charge in [-0.25, -0.2) is 0 Å². The average Bonchev–Trinajstić information content (AvgIpc) is 2.14. The molecule has 0 saturated heterocycles. The van der Waals surface area contributed by atoms with Crippen molar-refractivity contribution in [2.45, 2.75) is 0 Å². The van der Waals surface area contributed by atoms with Crippen LogP contribution in [0, 0.1) is 0 Å². The minimum atomic E-state index is 0.0706. The van der Waals surface area contributed by atoms with Crippen LogP contribution in [0.15, 0.2) is 15.9 Å². The van der Waals surface area contributed by atoms with Gasteiger partial charge in [0.05, 0.1) is 3.79 Å². The van der Waals surface area contributed by atoms with Crippen molar-refractivity contribution >= 4 is 65.6 Å². The Kier molecular flexibility index (Phi) is 3.65. The van der Waals surface area contributed by atoms with E-state index < -0.39 is 0 Å². The quantitative estimate of drug-likeness (QED) is 0.551. The highest BCUT2D eigenvalue weighted by molar-refractivity contribution is 14.1. The fourth-order valence-corrected chi connectivity index (χ4v) is 5.39. The lowest BCUT2D eigenvalue weighted by Crippen LogP contribution is -1.98. The normalized spacial score (nSPS) is 8.75. The van der Waals surface area contributed by atoms with Crippen molar-refractivity contribution < 1.29 is 0 Å². The van der Waals surface area contributed by atoms with Crippen LogP contribution in [0.4, 0.5) is 0 Å². The van der Waals surface area contributed by atoms with Gasteiger partial charge in [-0.3, -0.25) is 18.9 Å². The van der Waals surface area contributed by atoms with Crippen LogP contribution < -0.4 is 3.01 Å². The first-order chi connectivity index (χ1) is 3.83. The van der Waals surface area contributed by atoms with Crippen molar-refractivity contribution in [3.8, 4) is 0 Å². The van der Waals surface area contributed by atoms with Crippen molar-refractivity contribution in [1.82, 2.24) is 0 Å². The largest absolute Gasteiger partial charge is 0.517 e. The maximum atomic E-state index is 3.41. The number of thiophene rings is 1. The van der Waals surface area contributed by atoms with Crippen molar-refractivity contribution in [3.05, 3.63) is 15.9 Å². The van der Waals surface area contributed by atoms with Crippen LogP contribution in [0.3, 0.4) is 0 Å². The molecule has 0 aliphatic heterocycles. The minimum absolute atomic E-state index is 0.0706. The Hall–Kier alpha value is 1.68. The maximum absolute atomic E-state index is 3.41. The number of halogens is 2. The molecule has 0 nitrogen and oxygen atoms in total. The molecule has 40 valence electrons. The van der Waals surface area contributed by atoms with Gasteiger partial charge in [-0.15, -0.1) is 3.01 Å². The van der Waals surface area contributed by atoms with Crippen LogP contribution in [-0.4, -0.2) is 16.5 Å². The molecule has 0 bridgehead atoms. The highest BCUT2D eigenvalue weighted by Crippen LogP contribution is 2.13. The molecule has 8 heavy (non-hydrogen) atoms. The SMILES string of the molecule is Brc1cc[c]([Mg][I])s1. The third-order valence-corrected chi connectivity index (χ3v) is 7.62. The molecule has 0 amide bonds. The van der Waals surface area contributed by atoms with E-state index in [0.717, 1.165) is 0 Å². The van der Waals surface area contributed by atoms with E-state index in [2.05, 4.69) is 46.9 Å². The van der Waals surface area contributed by atoms with Gasteiger partial charge in [0.1, 0.15) is 0 Å². The summed E-state index contributed by atoms with van der Waals surface area (Å²) in [5.74, 6) is 0. The summed E-state index contributed by atoms with van der Waals surface area (Å²) in [5, 5.41) is 0. The van der Waals surface area contributed by atoms with E-state index in [-0.39, 0.29) is 16.5 Å². The molecule has 1 aromatic heterocycles. The van der Waals surface area contributed by atoms with Crippen LogP contribution >= 0.6 is 46.1 Å². The van der Waals surface area contributed by atoms with E-state index >= 15 is 0 Å². The van der Waals surface area contributed by atoms with E-state index in [0.29, 0.717) is 0 Å². The highest BCUT2D eigenvalue weighted by atomic mass is 127. The summed E-state index contributed by atoms with van der Waals surface area (Å²) in [7, 11) is 0. The molecule has 0 aliphatic rings. The van der Waals surface area contributed by atoms with Crippen LogP contribution in [0.2, 0.25) is 0 Å². The molecule has 1 aromatic rings. The van der Waals surface area contributed by atoms with Crippen molar-refractivity contribution in [2.24, 2.45) is 0 Å². The first-order valence-electron chi connectivity index (χ1n) is 2.13. The Balaban J connectivity index is 2.84. The highest BCUT2D eigenvalue weighted by Gasteiger charge is 1.96. The van der Waals surface area contributed by atoms with Crippen LogP contribution in [0.1, 0.15) is 0 Å². The van der Waals surface area contributed by atoms with Crippen LogP contribution in [0.25, 0.3) is 0 Å². The third kappa shape index (κ3) is 2.13. The third-order valence-electron chi connectivity index (χ3n) is 0.761. The van der Waals surface area contributed by atoms with Gasteiger partial charge in [0.25, 0.3) is 0 Å². The molecule has 0 fully saturated rings. The fraction of sp³-hybridized carbons (Fsp3) is 0. The molecular formula is C4H2BrIMgS. The predicted octanol–water partition coefficient (Wildman–Crippen LogP) is 2.19. The molecule has 0 spiro atoms. The van der Waals surface area contributed by atoms with Crippen LogP contribution in [-0.2, 0) is 0 Å². The standard InChI is InChI=1S/C4H2BrS.HI.Mg/c5-4-2-1-3-6-4;;/h1-2H;1H;/q;;+1/p-1. The van der Waals surface area contributed by atoms with Gasteiger partial charge in [-0.2, -0.15) is 11.3 Å². The Labute approximate surface area is 80.3 Å². The molecule has 1 rings (SSSR count). The van der Waals surface area contributed by atoms with E-state index in [9.17, 15) is 0 Å². The lowest BCUT2D eigenvalue weighted by molar-refractivity contribution is 2.00. The van der Waals surface area contributed by atoms with Gasteiger partial charge in [-0.05, 0) is 22.0 Å². The fourth-order valence-electron chi connectivity index (χ4n) is 0.424. The monoisotopic (exact) mass is 312 g/mol. The van der Waals surface area contributed by atoms with Gasteiger partial charge in [0, 0.05) is 0 Å². The summed E-state index contributed by atoms with van der Waals surface area (Å²) in [4.78, 5) is 0. The van der Waals surface area contributed by atoms with Gasteiger partial charge >= 0.3 is 16.5 Å². The molecule has 0 N–H and O–H groups in total. The lowest BCUT2D eigenvalue weighted by atomic mass is 10.7. The van der Waals surface area contributed by atoms with Gasteiger partial charge < -0.3 is 0 Å². The lowest BCUT2D eigenvalue weighted by Gasteiger charge is -1.76. The summed E-state index contributed by atoms with van der Waals surface area (Å²) >= 11 is 7.83. The summed E-state index contributed by atoms with van der Waals surface area (Å²) in [6.07, 6.45) is 0. The first kappa shape index (κ1) is 7.78. The Morgan fingerprint density at radius 2 is 2.38 bits per heavy atom. The molecule has 4 heteroatoms. The summed E-state index contributed by atoms with van der Waals surface area (Å²) in [5.41, 5.74) is 0. The van der Waals surface area contributed by atoms with Gasteiger partial charge in [0.2, 0.25) is 0 Å². The second kappa shape index (κ2) is 3.75. The maximum Gasteiger partial charge on any atom is 0.517 e. The van der Waals surface area contributed by atoms with Crippen LogP contribution in [0.5, 0.6) is 0 Å². The van der Waals surface area contributed by atoms with Gasteiger partial charge in [0.15, 0.2) is 0 Å². The van der Waals surface area contributed by atoms with Crippen molar-refractivity contribution in [3.63, 3.8) is 0 Å². The zero-order chi connectivity index (χ0) is 5.98. The van der Waals surface area contributed by atoms with Crippen molar-refractivity contribution in [2.75, 3.05) is 0 Å². The second-order valence-electron chi connectivity index (χ2n) is 1.34. The van der Waals surface area contributed by atoms with E-state index in [4.69, 9.17) is 0 Å². The Bertz CT molecular complexity index is 176. The molecule has 0 unspecified atom stereocenters. The summed E-state index contributed by atoms with van der Waals surface area (Å²) in [6.45, 7) is 0. The zero-order valence-electron chi connectivity index (χ0n) is 4.03. The average molecular weight is 313 g/mol. The predicted molar refractivity (Wildman–Crippen MR) is 51.4 cm³/mol. The summed E-state index contributed by atoms with van der Waals surface area (Å²) < 4.78 is 2.83. The van der Waals surface area contributed by atoms with E-state index in [1.165, 1.54) is 3.79 Å². The molecule has 1 heterocycles. The number of rotatable bonds is 1. The zero-order valence-corrected chi connectivity index (χ0v) is 10.0. The van der Waals surface area contributed by atoms with E-state index in [1.807, 2.05) is 11.3 Å². The Morgan fingerprint density at radius 1 is 1.62 bits per heavy atom. The molecular weight excluding hydrogens is 311 g/mol. The minimum Gasteiger partial charge on any atom is -0.289 e.